The van der Waals surface area contributed by atoms with Crippen LogP contribution in [0.25, 0.3) is 0 Å². The number of nitrogens with zero attached hydrogens (tertiary/aromatic N) is 2. The minimum atomic E-state index is -1.07. The van der Waals surface area contributed by atoms with E-state index in [1.54, 1.807) is 0 Å². The Kier molecular flexibility index (Phi) is 3.74. The molecule has 0 amide bonds. The molecule has 0 saturated carbocycles. The van der Waals surface area contributed by atoms with Crippen molar-refractivity contribution in [3.05, 3.63) is 62.4 Å². The maximum Gasteiger partial charge on any atom is 0.339 e. The van der Waals surface area contributed by atoms with Gasteiger partial charge in [0.25, 0.3) is 5.56 Å². The Labute approximate surface area is 111 Å². The molecule has 2 aromatic rings. The van der Waals surface area contributed by atoms with Crippen molar-refractivity contribution in [3.63, 3.8) is 0 Å². The van der Waals surface area contributed by atoms with Crippen LogP contribution in [0, 0.1) is 5.82 Å². The highest BCUT2D eigenvalue weighted by Gasteiger charge is 2.08. The highest BCUT2D eigenvalue weighted by Crippen LogP contribution is 2.03. The molecule has 2 aromatic heterocycles. The van der Waals surface area contributed by atoms with Crippen molar-refractivity contribution >= 4 is 5.97 Å². The lowest BCUT2D eigenvalue weighted by Gasteiger charge is -2.05. The van der Waals surface area contributed by atoms with Crippen molar-refractivity contribution in [1.29, 1.82) is 0 Å². The van der Waals surface area contributed by atoms with Crippen LogP contribution in [-0.2, 0) is 11.3 Å². The third kappa shape index (κ3) is 2.79. The van der Waals surface area contributed by atoms with Crippen molar-refractivity contribution in [2.45, 2.75) is 6.54 Å². The molecule has 0 fully saturated rings. The molecule has 0 aliphatic heterocycles. The SMILES string of the molecule is COC(=O)c1ccc(Cn2cc(F)c(=O)[nH]c2=O)nc1. The van der Waals surface area contributed by atoms with E-state index in [1.165, 1.54) is 25.4 Å². The summed E-state index contributed by atoms with van der Waals surface area (Å²) < 4.78 is 18.6. The van der Waals surface area contributed by atoms with Crippen LogP contribution in [-0.4, -0.2) is 27.6 Å². The van der Waals surface area contributed by atoms with Crippen LogP contribution in [0.1, 0.15) is 16.1 Å². The van der Waals surface area contributed by atoms with Gasteiger partial charge in [-0.1, -0.05) is 0 Å². The summed E-state index contributed by atoms with van der Waals surface area (Å²) in [4.78, 5) is 39.4. The third-order valence-corrected chi connectivity index (χ3v) is 2.55. The van der Waals surface area contributed by atoms with Crippen LogP contribution in [0.15, 0.2) is 34.1 Å². The van der Waals surface area contributed by atoms with E-state index in [4.69, 9.17) is 0 Å². The van der Waals surface area contributed by atoms with Gasteiger partial charge in [0, 0.05) is 6.20 Å². The van der Waals surface area contributed by atoms with Gasteiger partial charge in [-0.25, -0.2) is 9.59 Å². The summed E-state index contributed by atoms with van der Waals surface area (Å²) in [5.74, 6) is -1.59. The maximum absolute atomic E-state index is 13.1. The number of pyridine rings is 1. The fourth-order valence-electron chi connectivity index (χ4n) is 1.53. The number of hydrogen-bond acceptors (Lipinski definition) is 5. The number of carbonyl (C=O) groups is 1. The summed E-state index contributed by atoms with van der Waals surface area (Å²) in [6.07, 6.45) is 2.09. The first kappa shape index (κ1) is 13.7. The summed E-state index contributed by atoms with van der Waals surface area (Å²) in [5, 5.41) is 0. The van der Waals surface area contributed by atoms with Crippen molar-refractivity contribution in [2.24, 2.45) is 0 Å². The van der Waals surface area contributed by atoms with Crippen molar-refractivity contribution in [3.8, 4) is 0 Å². The topological polar surface area (TPSA) is 94.0 Å². The molecule has 7 nitrogen and oxygen atoms in total. The fourth-order valence-corrected chi connectivity index (χ4v) is 1.53. The second-order valence-electron chi connectivity index (χ2n) is 3.89. The lowest BCUT2D eigenvalue weighted by Crippen LogP contribution is -2.31. The molecule has 0 spiro atoms. The number of aromatic amines is 1. The monoisotopic (exact) mass is 279 g/mol. The Bertz CT molecular complexity index is 749. The Morgan fingerprint density at radius 1 is 1.45 bits per heavy atom. The van der Waals surface area contributed by atoms with E-state index in [-0.39, 0.29) is 12.1 Å². The summed E-state index contributed by atoms with van der Waals surface area (Å²) in [6.45, 7) is -0.0337. The Balaban J connectivity index is 2.27. The van der Waals surface area contributed by atoms with Gasteiger partial charge in [0.05, 0.1) is 31.1 Å². The standard InChI is InChI=1S/C12H10FN3O4/c1-20-11(18)7-2-3-8(14-4-7)5-16-6-9(13)10(17)15-12(16)19/h2-4,6H,5H2,1H3,(H,15,17,19). The second-order valence-corrected chi connectivity index (χ2v) is 3.89. The van der Waals surface area contributed by atoms with Crippen LogP contribution >= 0.6 is 0 Å². The number of nitrogens with one attached hydrogen (secondary N) is 1. The molecule has 2 heterocycles. The number of methoxy groups -OCH3 is 1. The number of H-pyrrole nitrogens is 1. The first-order chi connectivity index (χ1) is 9.51. The molecule has 8 heteroatoms. The third-order valence-electron chi connectivity index (χ3n) is 2.55. The van der Waals surface area contributed by atoms with E-state index < -0.39 is 23.0 Å². The number of halogens is 1. The van der Waals surface area contributed by atoms with Gasteiger partial charge in [0.2, 0.25) is 5.82 Å². The molecular formula is C12H10FN3O4. The smallest absolute Gasteiger partial charge is 0.339 e. The van der Waals surface area contributed by atoms with Gasteiger partial charge >= 0.3 is 11.7 Å². The van der Waals surface area contributed by atoms with Crippen LogP contribution < -0.4 is 11.2 Å². The summed E-state index contributed by atoms with van der Waals surface area (Å²) in [6, 6.07) is 2.98. The van der Waals surface area contributed by atoms with Crippen LogP contribution in [0.2, 0.25) is 0 Å². The molecule has 0 aliphatic carbocycles. The number of rotatable bonds is 3. The van der Waals surface area contributed by atoms with Crippen LogP contribution in [0.5, 0.6) is 0 Å². The van der Waals surface area contributed by atoms with Crippen molar-refractivity contribution in [2.75, 3.05) is 7.11 Å². The predicted molar refractivity (Wildman–Crippen MR) is 66.0 cm³/mol. The molecule has 20 heavy (non-hydrogen) atoms. The Hall–Kier alpha value is -2.77. The number of carbonyl (C=O) groups excluding carboxylic acids is 1. The lowest BCUT2D eigenvalue weighted by molar-refractivity contribution is 0.0600. The normalized spacial score (nSPS) is 10.3. The summed E-state index contributed by atoms with van der Waals surface area (Å²) in [5.41, 5.74) is -1.13. The molecule has 0 aromatic carbocycles. The van der Waals surface area contributed by atoms with Crippen molar-refractivity contribution < 1.29 is 13.9 Å². The van der Waals surface area contributed by atoms with Gasteiger partial charge in [-0.05, 0) is 12.1 Å². The molecule has 0 saturated heterocycles. The largest absolute Gasteiger partial charge is 0.465 e. The van der Waals surface area contributed by atoms with Gasteiger partial charge in [0.15, 0.2) is 0 Å². The zero-order chi connectivity index (χ0) is 14.7. The fraction of sp³-hybridized carbons (Fsp3) is 0.167. The van der Waals surface area contributed by atoms with Gasteiger partial charge in [0.1, 0.15) is 0 Å². The zero-order valence-corrected chi connectivity index (χ0v) is 10.4. The quantitative estimate of drug-likeness (QED) is 0.792. The van der Waals surface area contributed by atoms with Gasteiger partial charge < -0.3 is 4.74 Å². The molecule has 0 bridgehead atoms. The minimum Gasteiger partial charge on any atom is -0.465 e. The molecule has 0 aliphatic rings. The average molecular weight is 279 g/mol. The summed E-state index contributed by atoms with van der Waals surface area (Å²) >= 11 is 0. The zero-order valence-electron chi connectivity index (χ0n) is 10.4. The number of ether oxygens (including phenoxy) is 1. The molecule has 104 valence electrons. The minimum absolute atomic E-state index is 0.0337. The Morgan fingerprint density at radius 2 is 2.20 bits per heavy atom. The first-order valence-electron chi connectivity index (χ1n) is 5.54. The highest BCUT2D eigenvalue weighted by atomic mass is 19.1. The second kappa shape index (κ2) is 5.47. The molecular weight excluding hydrogens is 269 g/mol. The van der Waals surface area contributed by atoms with E-state index in [0.717, 1.165) is 10.8 Å². The summed E-state index contributed by atoms with van der Waals surface area (Å²) in [7, 11) is 1.25. The van der Waals surface area contributed by atoms with Crippen molar-refractivity contribution in [1.82, 2.24) is 14.5 Å². The molecule has 0 atom stereocenters. The van der Waals surface area contributed by atoms with Gasteiger partial charge in [-0.2, -0.15) is 4.39 Å². The number of esters is 1. The highest BCUT2D eigenvalue weighted by molar-refractivity contribution is 5.88. The van der Waals surface area contributed by atoms with E-state index in [1.807, 2.05) is 4.98 Å². The lowest BCUT2D eigenvalue weighted by atomic mass is 10.2. The predicted octanol–water partition coefficient (Wildman–Crippen LogP) is -0.0944. The van der Waals surface area contributed by atoms with Gasteiger partial charge in [-0.3, -0.25) is 19.3 Å². The van der Waals surface area contributed by atoms with E-state index in [0.29, 0.717) is 5.69 Å². The van der Waals surface area contributed by atoms with E-state index in [2.05, 4.69) is 9.72 Å². The molecule has 1 N–H and O–H groups in total. The number of hydrogen-bond donors (Lipinski definition) is 1. The molecule has 0 radical (unpaired) electrons. The average Bonchev–Trinajstić information content (AvgIpc) is 2.44. The van der Waals surface area contributed by atoms with Crippen LogP contribution in [0.4, 0.5) is 4.39 Å². The van der Waals surface area contributed by atoms with Crippen LogP contribution in [0.3, 0.4) is 0 Å². The Morgan fingerprint density at radius 3 is 2.80 bits per heavy atom. The van der Waals surface area contributed by atoms with E-state index in [9.17, 15) is 18.8 Å². The van der Waals surface area contributed by atoms with E-state index >= 15 is 0 Å². The molecule has 2 rings (SSSR count). The van der Waals surface area contributed by atoms with Gasteiger partial charge in [-0.15, -0.1) is 0 Å². The molecule has 0 unspecified atom stereocenters. The number of aromatic nitrogens is 3. The first-order valence-corrected chi connectivity index (χ1v) is 5.54. The maximum atomic E-state index is 13.1.